The van der Waals surface area contributed by atoms with Gasteiger partial charge in [-0.25, -0.2) is 9.59 Å². The standard InChI is InChI=1S/C28H35N3O4S.C2H6/c1-27(2,3)17-15-22(24(34-7)23(16-17)31-36-8)30-26(33)29-21-14-13-20(25(32)35-28(4,5)6)18-11-9-10-12-19(18)21;1-2/h9-16,31H,1-8H3,(H2,29,30,33);1-2H3. The molecule has 8 heteroatoms. The fourth-order valence-electron chi connectivity index (χ4n) is 3.76. The van der Waals surface area contributed by atoms with Crippen molar-refractivity contribution in [3.8, 4) is 5.75 Å². The van der Waals surface area contributed by atoms with E-state index in [-0.39, 0.29) is 5.41 Å². The summed E-state index contributed by atoms with van der Waals surface area (Å²) in [5.41, 5.74) is 2.64. The molecule has 0 atom stereocenters. The molecule has 0 radical (unpaired) electrons. The first kappa shape index (κ1) is 30.8. The third-order valence-corrected chi connectivity index (χ3v) is 5.83. The molecule has 3 aromatic carbocycles. The molecule has 2 amide bonds. The van der Waals surface area contributed by atoms with Crippen LogP contribution < -0.4 is 20.1 Å². The molecule has 0 aliphatic heterocycles. The Morgan fingerprint density at radius 2 is 1.39 bits per heavy atom. The first-order chi connectivity index (χ1) is 17.8. The van der Waals surface area contributed by atoms with E-state index < -0.39 is 17.6 Å². The zero-order valence-electron chi connectivity index (χ0n) is 24.2. The molecule has 0 saturated carbocycles. The van der Waals surface area contributed by atoms with Crippen LogP contribution in [-0.2, 0) is 10.2 Å². The molecule has 0 bridgehead atoms. The molecule has 0 unspecified atom stereocenters. The van der Waals surface area contributed by atoms with Gasteiger partial charge >= 0.3 is 12.0 Å². The SMILES string of the molecule is CC.COc1c(NSC)cc(C(C)(C)C)cc1NC(=O)Nc1ccc(C(=O)OC(C)(C)C)c2ccccc12. The number of methoxy groups -OCH3 is 1. The van der Waals surface area contributed by atoms with E-state index >= 15 is 0 Å². The van der Waals surface area contributed by atoms with Crippen LogP contribution in [0.3, 0.4) is 0 Å². The average molecular weight is 540 g/mol. The van der Waals surface area contributed by atoms with Crippen LogP contribution in [0.1, 0.15) is 71.3 Å². The summed E-state index contributed by atoms with van der Waals surface area (Å²) >= 11 is 1.45. The molecule has 0 aromatic heterocycles. The van der Waals surface area contributed by atoms with Gasteiger partial charge < -0.3 is 24.8 Å². The van der Waals surface area contributed by atoms with E-state index in [4.69, 9.17) is 9.47 Å². The highest BCUT2D eigenvalue weighted by atomic mass is 32.2. The van der Waals surface area contributed by atoms with Gasteiger partial charge in [0.2, 0.25) is 0 Å². The van der Waals surface area contributed by atoms with Crippen molar-refractivity contribution in [2.75, 3.05) is 28.7 Å². The van der Waals surface area contributed by atoms with Crippen molar-refractivity contribution in [3.05, 3.63) is 59.7 Å². The number of benzene rings is 3. The van der Waals surface area contributed by atoms with Crippen molar-refractivity contribution < 1.29 is 19.1 Å². The molecular weight excluding hydrogens is 498 g/mol. The molecule has 206 valence electrons. The number of rotatable bonds is 6. The van der Waals surface area contributed by atoms with E-state index in [2.05, 4.69) is 36.1 Å². The van der Waals surface area contributed by atoms with E-state index in [0.717, 1.165) is 16.6 Å². The summed E-state index contributed by atoms with van der Waals surface area (Å²) in [7, 11) is 1.57. The maximum absolute atomic E-state index is 13.1. The number of amides is 2. The summed E-state index contributed by atoms with van der Waals surface area (Å²) in [6, 6.07) is 14.3. The molecule has 3 N–H and O–H groups in total. The molecule has 3 rings (SSSR count). The summed E-state index contributed by atoms with van der Waals surface area (Å²) in [6.07, 6.45) is 1.93. The Morgan fingerprint density at radius 1 is 0.816 bits per heavy atom. The van der Waals surface area contributed by atoms with Gasteiger partial charge in [-0.1, -0.05) is 70.8 Å². The molecule has 0 fully saturated rings. The minimum absolute atomic E-state index is 0.137. The summed E-state index contributed by atoms with van der Waals surface area (Å²) < 4.78 is 14.4. The normalized spacial score (nSPS) is 11.2. The fraction of sp³-hybridized carbons (Fsp3) is 0.400. The van der Waals surface area contributed by atoms with E-state index in [0.29, 0.717) is 28.1 Å². The van der Waals surface area contributed by atoms with Crippen molar-refractivity contribution in [1.82, 2.24) is 0 Å². The van der Waals surface area contributed by atoms with Gasteiger partial charge in [0, 0.05) is 11.6 Å². The zero-order valence-corrected chi connectivity index (χ0v) is 25.0. The second-order valence-electron chi connectivity index (χ2n) is 10.4. The van der Waals surface area contributed by atoms with E-state index in [1.165, 1.54) is 11.9 Å². The lowest BCUT2D eigenvalue weighted by atomic mass is 9.86. The average Bonchev–Trinajstić information content (AvgIpc) is 2.84. The van der Waals surface area contributed by atoms with Crippen molar-refractivity contribution in [2.45, 2.75) is 66.4 Å². The molecular formula is C30H41N3O4S. The van der Waals surface area contributed by atoms with Crippen LogP contribution in [0.4, 0.5) is 21.9 Å². The molecule has 38 heavy (non-hydrogen) atoms. The first-order valence-electron chi connectivity index (χ1n) is 12.7. The Hall–Kier alpha value is -3.39. The Kier molecular flexibility index (Phi) is 10.5. The number of carbonyl (C=O) groups is 2. The molecule has 0 aliphatic rings. The molecule has 0 spiro atoms. The van der Waals surface area contributed by atoms with Crippen molar-refractivity contribution in [3.63, 3.8) is 0 Å². The number of urea groups is 1. The number of carbonyl (C=O) groups excluding carboxylic acids is 2. The molecule has 3 aromatic rings. The van der Waals surface area contributed by atoms with E-state index in [9.17, 15) is 9.59 Å². The highest BCUT2D eigenvalue weighted by molar-refractivity contribution is 7.99. The summed E-state index contributed by atoms with van der Waals surface area (Å²) in [4.78, 5) is 25.9. The third-order valence-electron chi connectivity index (χ3n) is 5.41. The largest absolute Gasteiger partial charge is 0.492 e. The molecule has 0 saturated heterocycles. The summed E-state index contributed by atoms with van der Waals surface area (Å²) in [5.74, 6) is 0.130. The lowest BCUT2D eigenvalue weighted by molar-refractivity contribution is 0.00718. The molecule has 0 aliphatic carbocycles. The Balaban J connectivity index is 0.00000247. The van der Waals surface area contributed by atoms with Crippen LogP contribution in [-0.4, -0.2) is 31.0 Å². The minimum atomic E-state index is -0.611. The highest BCUT2D eigenvalue weighted by Gasteiger charge is 2.22. The number of fused-ring (bicyclic) bond motifs is 1. The van der Waals surface area contributed by atoms with Crippen LogP contribution >= 0.6 is 11.9 Å². The van der Waals surface area contributed by atoms with Crippen molar-refractivity contribution in [1.29, 1.82) is 0 Å². The number of hydrogen-bond acceptors (Lipinski definition) is 6. The number of esters is 1. The van der Waals surface area contributed by atoms with Crippen LogP contribution in [0.15, 0.2) is 48.5 Å². The fourth-order valence-corrected chi connectivity index (χ4v) is 4.13. The van der Waals surface area contributed by atoms with Gasteiger partial charge in [-0.3, -0.25) is 0 Å². The van der Waals surface area contributed by atoms with Gasteiger partial charge in [0.25, 0.3) is 0 Å². The van der Waals surface area contributed by atoms with Crippen LogP contribution in [0.5, 0.6) is 5.75 Å². The van der Waals surface area contributed by atoms with Gasteiger partial charge in [0.15, 0.2) is 5.75 Å². The number of hydrogen-bond donors (Lipinski definition) is 3. The van der Waals surface area contributed by atoms with Gasteiger partial charge in [-0.05, 0) is 61.4 Å². The van der Waals surface area contributed by atoms with Gasteiger partial charge in [-0.2, -0.15) is 0 Å². The number of nitrogens with one attached hydrogen (secondary N) is 3. The second kappa shape index (κ2) is 12.9. The van der Waals surface area contributed by atoms with Crippen LogP contribution in [0.2, 0.25) is 0 Å². The summed E-state index contributed by atoms with van der Waals surface area (Å²) in [6.45, 7) is 15.8. The molecule has 0 heterocycles. The number of ether oxygens (including phenoxy) is 2. The minimum Gasteiger partial charge on any atom is -0.492 e. The van der Waals surface area contributed by atoms with E-state index in [1.807, 2.05) is 77.3 Å². The maximum Gasteiger partial charge on any atom is 0.339 e. The predicted octanol–water partition coefficient (Wildman–Crippen LogP) is 8.46. The smallest absolute Gasteiger partial charge is 0.339 e. The Morgan fingerprint density at radius 3 is 1.95 bits per heavy atom. The topological polar surface area (TPSA) is 88.7 Å². The third kappa shape index (κ3) is 7.81. The first-order valence-corrected chi connectivity index (χ1v) is 13.9. The van der Waals surface area contributed by atoms with Crippen molar-refractivity contribution >= 4 is 51.8 Å². The highest BCUT2D eigenvalue weighted by Crippen LogP contribution is 2.39. The Bertz CT molecular complexity index is 1280. The van der Waals surface area contributed by atoms with Gasteiger partial charge in [0.05, 0.1) is 29.7 Å². The van der Waals surface area contributed by atoms with Crippen LogP contribution in [0, 0.1) is 0 Å². The molecule has 7 nitrogen and oxygen atoms in total. The Labute approximate surface area is 231 Å². The van der Waals surface area contributed by atoms with E-state index in [1.54, 1.807) is 19.2 Å². The quantitative estimate of drug-likeness (QED) is 0.215. The number of anilines is 3. The second-order valence-corrected chi connectivity index (χ2v) is 11.1. The monoisotopic (exact) mass is 539 g/mol. The van der Waals surface area contributed by atoms with Gasteiger partial charge in [0.1, 0.15) is 5.60 Å². The van der Waals surface area contributed by atoms with Crippen LogP contribution in [0.25, 0.3) is 10.8 Å². The predicted molar refractivity (Wildman–Crippen MR) is 162 cm³/mol. The van der Waals surface area contributed by atoms with Gasteiger partial charge in [-0.15, -0.1) is 0 Å². The zero-order chi connectivity index (χ0) is 28.7. The van der Waals surface area contributed by atoms with Crippen molar-refractivity contribution in [2.24, 2.45) is 0 Å². The maximum atomic E-state index is 13.1. The summed E-state index contributed by atoms with van der Waals surface area (Å²) in [5, 5.41) is 7.29. The lowest BCUT2D eigenvalue weighted by Crippen LogP contribution is -2.24. The lowest BCUT2D eigenvalue weighted by Gasteiger charge is -2.24.